The van der Waals surface area contributed by atoms with Crippen molar-refractivity contribution in [1.82, 2.24) is 19.2 Å². The third-order valence-electron chi connectivity index (χ3n) is 4.98. The highest BCUT2D eigenvalue weighted by atomic mass is 32.2. The van der Waals surface area contributed by atoms with Crippen molar-refractivity contribution in [3.05, 3.63) is 58.9 Å². The number of carbonyl (C=O) groups excluding carboxylic acids is 1. The standard InChI is InChI=1S/C20H20N4OS/c1-12-9-19-21-22-20(24(19)17-8-6-5-7-15(12)17)26-11-18(25)16-10-13(2)23(4)14(16)3/h5-10H,11H2,1-4H3. The zero-order valence-corrected chi connectivity index (χ0v) is 16.1. The smallest absolute Gasteiger partial charge is 0.196 e. The number of aryl methyl sites for hydroxylation is 2. The highest BCUT2D eigenvalue weighted by Crippen LogP contribution is 2.26. The fraction of sp³-hybridized carbons (Fsp3) is 0.250. The molecular weight excluding hydrogens is 344 g/mol. The average molecular weight is 364 g/mol. The van der Waals surface area contributed by atoms with Gasteiger partial charge in [0.15, 0.2) is 16.6 Å². The van der Waals surface area contributed by atoms with Gasteiger partial charge in [-0.15, -0.1) is 10.2 Å². The van der Waals surface area contributed by atoms with E-state index in [0.29, 0.717) is 5.75 Å². The second-order valence-electron chi connectivity index (χ2n) is 6.58. The first kappa shape index (κ1) is 16.8. The predicted molar refractivity (Wildman–Crippen MR) is 105 cm³/mol. The number of rotatable bonds is 4. The quantitative estimate of drug-likeness (QED) is 0.404. The zero-order valence-electron chi connectivity index (χ0n) is 15.3. The third kappa shape index (κ3) is 2.61. The summed E-state index contributed by atoms with van der Waals surface area (Å²) < 4.78 is 4.07. The molecule has 0 fully saturated rings. The summed E-state index contributed by atoms with van der Waals surface area (Å²) in [6.07, 6.45) is 0. The van der Waals surface area contributed by atoms with E-state index in [1.807, 2.05) is 54.1 Å². The van der Waals surface area contributed by atoms with E-state index in [0.717, 1.165) is 33.3 Å². The minimum Gasteiger partial charge on any atom is -0.351 e. The summed E-state index contributed by atoms with van der Waals surface area (Å²) in [4.78, 5) is 12.7. The lowest BCUT2D eigenvalue weighted by Gasteiger charge is -2.07. The van der Waals surface area contributed by atoms with Crippen LogP contribution in [0.4, 0.5) is 0 Å². The summed E-state index contributed by atoms with van der Waals surface area (Å²) in [7, 11) is 1.98. The van der Waals surface area contributed by atoms with E-state index in [9.17, 15) is 4.79 Å². The van der Waals surface area contributed by atoms with Crippen LogP contribution in [0.1, 0.15) is 27.3 Å². The van der Waals surface area contributed by atoms with Crippen LogP contribution >= 0.6 is 11.8 Å². The Morgan fingerprint density at radius 1 is 1.12 bits per heavy atom. The largest absolute Gasteiger partial charge is 0.351 e. The van der Waals surface area contributed by atoms with Crippen LogP contribution in [0.5, 0.6) is 0 Å². The molecule has 0 saturated carbocycles. The normalized spacial score (nSPS) is 11.5. The van der Waals surface area contributed by atoms with Gasteiger partial charge in [0.1, 0.15) is 0 Å². The minimum atomic E-state index is 0.115. The molecule has 4 rings (SSSR count). The number of fused-ring (bicyclic) bond motifs is 3. The van der Waals surface area contributed by atoms with Gasteiger partial charge in [-0.3, -0.25) is 9.20 Å². The molecule has 0 aliphatic carbocycles. The van der Waals surface area contributed by atoms with Crippen LogP contribution in [-0.4, -0.2) is 30.7 Å². The number of pyridine rings is 1. The van der Waals surface area contributed by atoms with Crippen LogP contribution in [0.25, 0.3) is 16.6 Å². The Kier molecular flexibility index (Phi) is 4.07. The lowest BCUT2D eigenvalue weighted by molar-refractivity contribution is 0.102. The Morgan fingerprint density at radius 3 is 2.62 bits per heavy atom. The first-order chi connectivity index (χ1) is 12.5. The molecule has 0 saturated heterocycles. The van der Waals surface area contributed by atoms with Crippen LogP contribution in [0.2, 0.25) is 0 Å². The van der Waals surface area contributed by atoms with E-state index in [-0.39, 0.29) is 5.78 Å². The van der Waals surface area contributed by atoms with Crippen molar-refractivity contribution in [2.45, 2.75) is 25.9 Å². The van der Waals surface area contributed by atoms with E-state index in [1.165, 1.54) is 22.7 Å². The van der Waals surface area contributed by atoms with Gasteiger partial charge < -0.3 is 4.57 Å². The van der Waals surface area contributed by atoms with Gasteiger partial charge in [0.25, 0.3) is 0 Å². The van der Waals surface area contributed by atoms with Crippen LogP contribution in [0.3, 0.4) is 0 Å². The molecule has 0 atom stereocenters. The molecule has 0 bridgehead atoms. The summed E-state index contributed by atoms with van der Waals surface area (Å²) >= 11 is 1.43. The molecular formula is C20H20N4OS. The molecule has 0 radical (unpaired) electrons. The number of carbonyl (C=O) groups is 1. The number of hydrogen-bond acceptors (Lipinski definition) is 4. The van der Waals surface area contributed by atoms with E-state index >= 15 is 0 Å². The molecule has 132 valence electrons. The zero-order chi connectivity index (χ0) is 18.4. The Bertz CT molecular complexity index is 1160. The molecule has 4 aromatic rings. The highest BCUT2D eigenvalue weighted by molar-refractivity contribution is 7.99. The van der Waals surface area contributed by atoms with E-state index < -0.39 is 0 Å². The highest BCUT2D eigenvalue weighted by Gasteiger charge is 2.17. The van der Waals surface area contributed by atoms with Crippen molar-refractivity contribution >= 4 is 34.1 Å². The molecule has 3 aromatic heterocycles. The number of ketones is 1. The van der Waals surface area contributed by atoms with Gasteiger partial charge in [-0.2, -0.15) is 0 Å². The predicted octanol–water partition coefficient (Wildman–Crippen LogP) is 4.12. The van der Waals surface area contributed by atoms with Gasteiger partial charge in [0, 0.05) is 29.4 Å². The maximum atomic E-state index is 12.7. The molecule has 0 amide bonds. The molecule has 0 unspecified atom stereocenters. The number of Topliss-reactive ketones (excluding diaryl/α,β-unsaturated/α-hetero) is 1. The SMILES string of the molecule is Cc1cc2nnc(SCC(=O)c3cc(C)n(C)c3C)n2c2ccccc12. The van der Waals surface area contributed by atoms with Crippen molar-refractivity contribution in [2.75, 3.05) is 5.75 Å². The third-order valence-corrected chi connectivity index (χ3v) is 5.91. The molecule has 3 heterocycles. The fourth-order valence-electron chi connectivity index (χ4n) is 3.31. The van der Waals surface area contributed by atoms with E-state index in [2.05, 4.69) is 29.3 Å². The fourth-order valence-corrected chi connectivity index (χ4v) is 4.15. The Morgan fingerprint density at radius 2 is 1.88 bits per heavy atom. The van der Waals surface area contributed by atoms with E-state index in [4.69, 9.17) is 0 Å². The lowest BCUT2D eigenvalue weighted by Crippen LogP contribution is -2.05. The number of nitrogens with zero attached hydrogens (tertiary/aromatic N) is 4. The van der Waals surface area contributed by atoms with Gasteiger partial charge in [0.2, 0.25) is 0 Å². The van der Waals surface area contributed by atoms with Crippen molar-refractivity contribution in [3.63, 3.8) is 0 Å². The number of aromatic nitrogens is 4. The molecule has 26 heavy (non-hydrogen) atoms. The summed E-state index contributed by atoms with van der Waals surface area (Å²) in [5, 5.41) is 10.5. The van der Waals surface area contributed by atoms with Crippen LogP contribution < -0.4 is 0 Å². The van der Waals surface area contributed by atoms with Gasteiger partial charge in [-0.25, -0.2) is 0 Å². The van der Waals surface area contributed by atoms with Crippen LogP contribution in [0, 0.1) is 20.8 Å². The topological polar surface area (TPSA) is 52.2 Å². The van der Waals surface area contributed by atoms with Gasteiger partial charge in [-0.1, -0.05) is 30.0 Å². The number of hydrogen-bond donors (Lipinski definition) is 0. The number of para-hydroxylation sites is 1. The Balaban J connectivity index is 1.69. The number of benzene rings is 1. The summed E-state index contributed by atoms with van der Waals surface area (Å²) in [5.41, 5.74) is 5.91. The maximum absolute atomic E-state index is 12.7. The molecule has 6 heteroatoms. The summed E-state index contributed by atoms with van der Waals surface area (Å²) in [5.74, 6) is 0.456. The van der Waals surface area contributed by atoms with Gasteiger partial charge >= 0.3 is 0 Å². The number of thioether (sulfide) groups is 1. The van der Waals surface area contributed by atoms with Crippen LogP contribution in [-0.2, 0) is 7.05 Å². The summed E-state index contributed by atoms with van der Waals surface area (Å²) in [6, 6.07) is 12.2. The van der Waals surface area contributed by atoms with Crippen molar-refractivity contribution < 1.29 is 4.79 Å². The maximum Gasteiger partial charge on any atom is 0.196 e. The first-order valence-corrected chi connectivity index (χ1v) is 9.48. The minimum absolute atomic E-state index is 0.115. The second-order valence-corrected chi connectivity index (χ2v) is 7.52. The van der Waals surface area contributed by atoms with Crippen LogP contribution in [0.15, 0.2) is 41.6 Å². The first-order valence-electron chi connectivity index (χ1n) is 8.49. The van der Waals surface area contributed by atoms with E-state index in [1.54, 1.807) is 0 Å². The Labute approximate surface area is 156 Å². The van der Waals surface area contributed by atoms with Crippen molar-refractivity contribution in [2.24, 2.45) is 7.05 Å². The second kappa shape index (κ2) is 6.29. The summed E-state index contributed by atoms with van der Waals surface area (Å²) in [6.45, 7) is 6.07. The molecule has 0 aliphatic heterocycles. The lowest BCUT2D eigenvalue weighted by atomic mass is 10.1. The molecule has 0 aliphatic rings. The van der Waals surface area contributed by atoms with Crippen molar-refractivity contribution in [3.8, 4) is 0 Å². The van der Waals surface area contributed by atoms with Gasteiger partial charge in [-0.05, 0) is 44.5 Å². The molecule has 5 nitrogen and oxygen atoms in total. The molecule has 0 N–H and O–H groups in total. The monoisotopic (exact) mass is 364 g/mol. The molecule has 0 spiro atoms. The van der Waals surface area contributed by atoms with Gasteiger partial charge in [0.05, 0.1) is 11.3 Å². The van der Waals surface area contributed by atoms with Crippen molar-refractivity contribution in [1.29, 1.82) is 0 Å². The Hall–Kier alpha value is -2.60. The average Bonchev–Trinajstić information content (AvgIpc) is 3.16. The molecule has 1 aromatic carbocycles.